The molecule has 0 aromatic carbocycles. The van der Waals surface area contributed by atoms with Crippen molar-refractivity contribution >= 4 is 0 Å². The topological polar surface area (TPSA) is 39.4 Å². The summed E-state index contributed by atoms with van der Waals surface area (Å²) in [5.74, 6) is 0. The van der Waals surface area contributed by atoms with E-state index in [1.807, 2.05) is 12.2 Å². The SMILES string of the molecule is [C-]1=CCC=C1.[Co+2].[N-]=O. The first-order chi connectivity index (χ1) is 3.50. The zero-order valence-corrected chi connectivity index (χ0v) is 5.17. The molecule has 0 fully saturated rings. The summed E-state index contributed by atoms with van der Waals surface area (Å²) < 4.78 is 0. The normalized spacial score (nSPS) is 11.5. The van der Waals surface area contributed by atoms with Crippen LogP contribution in [0, 0.1) is 11.0 Å². The summed E-state index contributed by atoms with van der Waals surface area (Å²) in [5.41, 5.74) is 5.75. The molecule has 0 amide bonds. The predicted octanol–water partition coefficient (Wildman–Crippen LogP) is 1.63. The molecule has 0 N–H and O–H groups in total. The van der Waals surface area contributed by atoms with E-state index in [0.29, 0.717) is 0 Å². The van der Waals surface area contributed by atoms with Crippen LogP contribution in [0.2, 0.25) is 0 Å². The Bertz CT molecular complexity index is 80.4. The third-order valence-electron chi connectivity index (χ3n) is 0.586. The summed E-state index contributed by atoms with van der Waals surface area (Å²) in [6, 6.07) is 0. The summed E-state index contributed by atoms with van der Waals surface area (Å²) in [6.45, 7) is 0. The first-order valence-corrected chi connectivity index (χ1v) is 1.91. The monoisotopic (exact) mass is 154 g/mol. The molecule has 0 unspecified atom stereocenters. The Balaban J connectivity index is 0. The molecule has 0 bridgehead atoms. The minimum atomic E-state index is 0. The second-order valence-electron chi connectivity index (χ2n) is 1.01. The van der Waals surface area contributed by atoms with Crippen molar-refractivity contribution in [1.82, 2.24) is 0 Å². The molecule has 2 nitrogen and oxygen atoms in total. The van der Waals surface area contributed by atoms with E-state index in [2.05, 4.69) is 12.2 Å². The Hall–Kier alpha value is -0.414. The molecule has 0 spiro atoms. The number of hydrogen-bond acceptors (Lipinski definition) is 1. The van der Waals surface area contributed by atoms with Crippen LogP contribution >= 0.6 is 0 Å². The molecule has 0 aromatic rings. The molecule has 45 valence electrons. The molecule has 0 aliphatic heterocycles. The van der Waals surface area contributed by atoms with E-state index in [4.69, 9.17) is 10.5 Å². The summed E-state index contributed by atoms with van der Waals surface area (Å²) in [7, 11) is 0. The second-order valence-corrected chi connectivity index (χ2v) is 1.01. The molecule has 1 rings (SSSR count). The Morgan fingerprint density at radius 1 is 1.50 bits per heavy atom. The quantitative estimate of drug-likeness (QED) is 0.488. The van der Waals surface area contributed by atoms with Gasteiger partial charge in [0.1, 0.15) is 0 Å². The average molecular weight is 154 g/mol. The Morgan fingerprint density at radius 2 is 2.12 bits per heavy atom. The molecule has 1 aliphatic carbocycles. The van der Waals surface area contributed by atoms with Crippen LogP contribution in [0.15, 0.2) is 18.2 Å². The van der Waals surface area contributed by atoms with Crippen LogP contribution in [0.1, 0.15) is 6.42 Å². The van der Waals surface area contributed by atoms with E-state index in [-0.39, 0.29) is 16.8 Å². The van der Waals surface area contributed by atoms with Gasteiger partial charge in [0.05, 0.1) is 0 Å². The van der Waals surface area contributed by atoms with Gasteiger partial charge in [-0.3, -0.25) is 6.08 Å². The average Bonchev–Trinajstić information content (AvgIpc) is 2.23. The van der Waals surface area contributed by atoms with Crippen molar-refractivity contribution < 1.29 is 16.8 Å². The van der Waals surface area contributed by atoms with Crippen LogP contribution in [-0.4, -0.2) is 0 Å². The van der Waals surface area contributed by atoms with Gasteiger partial charge in [-0.05, 0) is 0 Å². The molecule has 0 saturated carbocycles. The first kappa shape index (κ1) is 10.5. The van der Waals surface area contributed by atoms with Gasteiger partial charge < -0.3 is 10.5 Å². The number of nitroso groups, excluding NO2 is 1. The molecule has 0 atom stereocenters. The van der Waals surface area contributed by atoms with Crippen LogP contribution in [0.4, 0.5) is 0 Å². The smallest absolute Gasteiger partial charge is 0.577 e. The molecule has 0 saturated heterocycles. The minimum absolute atomic E-state index is 0. The van der Waals surface area contributed by atoms with Gasteiger partial charge in [-0.2, -0.15) is 6.08 Å². The molecular weight excluding hydrogens is 149 g/mol. The van der Waals surface area contributed by atoms with Crippen molar-refractivity contribution in [3.8, 4) is 0 Å². The van der Waals surface area contributed by atoms with Crippen molar-refractivity contribution in [2.45, 2.75) is 6.42 Å². The van der Waals surface area contributed by atoms with Crippen molar-refractivity contribution in [2.75, 3.05) is 0 Å². The fourth-order valence-electron chi connectivity index (χ4n) is 0.340. The second kappa shape index (κ2) is 9.77. The summed E-state index contributed by atoms with van der Waals surface area (Å²) in [5, 5.41) is 0. The van der Waals surface area contributed by atoms with E-state index < -0.39 is 0 Å². The van der Waals surface area contributed by atoms with Crippen molar-refractivity contribution in [2.24, 2.45) is 0 Å². The van der Waals surface area contributed by atoms with Crippen LogP contribution in [0.5, 0.6) is 0 Å². The Kier molecular flexibility index (Phi) is 12.9. The van der Waals surface area contributed by atoms with E-state index >= 15 is 0 Å². The number of nitrogens with zero attached hydrogens (tertiary/aromatic N) is 1. The van der Waals surface area contributed by atoms with Crippen molar-refractivity contribution in [3.63, 3.8) is 0 Å². The van der Waals surface area contributed by atoms with E-state index in [1.54, 1.807) is 0 Å². The maximum atomic E-state index is 7.25. The van der Waals surface area contributed by atoms with E-state index in [0.717, 1.165) is 6.42 Å². The number of rotatable bonds is 0. The van der Waals surface area contributed by atoms with Crippen molar-refractivity contribution in [3.05, 3.63) is 34.8 Å². The minimum Gasteiger partial charge on any atom is -0.577 e. The van der Waals surface area contributed by atoms with Crippen LogP contribution in [0.25, 0.3) is 5.59 Å². The largest absolute Gasteiger partial charge is 2.00 e. The van der Waals surface area contributed by atoms with E-state index in [9.17, 15) is 0 Å². The van der Waals surface area contributed by atoms with Gasteiger partial charge in [0, 0.05) is 0 Å². The van der Waals surface area contributed by atoms with Crippen LogP contribution in [-0.2, 0) is 16.8 Å². The maximum Gasteiger partial charge on any atom is 2.00 e. The van der Waals surface area contributed by atoms with Crippen molar-refractivity contribution in [1.29, 1.82) is 0 Å². The molecule has 1 radical (unpaired) electrons. The molecule has 8 heavy (non-hydrogen) atoms. The zero-order valence-electron chi connectivity index (χ0n) is 4.13. The zero-order chi connectivity index (χ0) is 5.54. The molecule has 0 aromatic heterocycles. The molecular formula is C5H5CoNO. The van der Waals surface area contributed by atoms with Crippen LogP contribution in [0.3, 0.4) is 0 Å². The van der Waals surface area contributed by atoms with Crippen LogP contribution < -0.4 is 0 Å². The molecule has 1 aliphatic rings. The number of hydrogen-bond donors (Lipinski definition) is 0. The first-order valence-electron chi connectivity index (χ1n) is 1.91. The van der Waals surface area contributed by atoms with Gasteiger partial charge in [0.25, 0.3) is 0 Å². The maximum absolute atomic E-state index is 7.25. The number of allylic oxidation sites excluding steroid dienone is 4. The third kappa shape index (κ3) is 5.59. The van der Waals surface area contributed by atoms with Gasteiger partial charge in [0.15, 0.2) is 0 Å². The third-order valence-corrected chi connectivity index (χ3v) is 0.586. The standard InChI is InChI=1S/C5H5.Co.NO/c1-2-4-5-3-1;;1-2/h1-2,5H,3H2;;/q-1;+2;-1. The van der Waals surface area contributed by atoms with Gasteiger partial charge in [-0.25, -0.2) is 12.2 Å². The Morgan fingerprint density at radius 3 is 2.25 bits per heavy atom. The Labute approximate surface area is 58.6 Å². The summed E-state index contributed by atoms with van der Waals surface area (Å²) in [6.07, 6.45) is 10.0. The predicted molar refractivity (Wildman–Crippen MR) is 28.3 cm³/mol. The van der Waals surface area contributed by atoms with Gasteiger partial charge >= 0.3 is 16.8 Å². The molecule has 0 heterocycles. The fourth-order valence-corrected chi connectivity index (χ4v) is 0.340. The molecule has 3 heteroatoms. The van der Waals surface area contributed by atoms with Gasteiger partial charge in [-0.15, -0.1) is 6.42 Å². The van der Waals surface area contributed by atoms with Gasteiger partial charge in [-0.1, -0.05) is 0 Å². The fraction of sp³-hybridized carbons (Fsp3) is 0.200. The van der Waals surface area contributed by atoms with E-state index in [1.165, 1.54) is 0 Å². The van der Waals surface area contributed by atoms with Gasteiger partial charge in [0.2, 0.25) is 0 Å². The summed E-state index contributed by atoms with van der Waals surface area (Å²) in [4.78, 5) is 7.25. The summed E-state index contributed by atoms with van der Waals surface area (Å²) >= 11 is 0.